The largest absolute Gasteiger partial charge is 0.383 e. The summed E-state index contributed by atoms with van der Waals surface area (Å²) in [7, 11) is 0. The molecule has 0 spiro atoms. The third-order valence-corrected chi connectivity index (χ3v) is 3.67. The van der Waals surface area contributed by atoms with Crippen molar-refractivity contribution >= 4 is 11.8 Å². The van der Waals surface area contributed by atoms with E-state index in [2.05, 4.69) is 47.4 Å². The van der Waals surface area contributed by atoms with Crippen molar-refractivity contribution in [3.8, 4) is 6.07 Å². The molecule has 0 saturated heterocycles. The Kier molecular flexibility index (Phi) is 3.10. The van der Waals surface area contributed by atoms with Gasteiger partial charge in [0.15, 0.2) is 0 Å². The Balaban J connectivity index is 2.03. The Morgan fingerprint density at radius 2 is 2.05 bits per heavy atom. The highest BCUT2D eigenvalue weighted by molar-refractivity contribution is 5.65. The number of nitrogens with zero attached hydrogens (tertiary/aromatic N) is 4. The van der Waals surface area contributed by atoms with E-state index in [1.807, 2.05) is 12.1 Å². The van der Waals surface area contributed by atoms with Gasteiger partial charge in [-0.3, -0.25) is 0 Å². The molecule has 0 saturated carbocycles. The molecule has 106 valence electrons. The Morgan fingerprint density at radius 3 is 2.67 bits per heavy atom. The normalized spacial score (nSPS) is 17.3. The summed E-state index contributed by atoms with van der Waals surface area (Å²) in [6.07, 6.45) is 1.41. The fourth-order valence-corrected chi connectivity index (χ4v) is 2.42. The average molecular weight is 280 g/mol. The predicted octanol–water partition coefficient (Wildman–Crippen LogP) is 2.22. The summed E-state index contributed by atoms with van der Waals surface area (Å²) in [5, 5.41) is 16.6. The smallest absolute Gasteiger partial charge is 0.228 e. The lowest BCUT2D eigenvalue weighted by Gasteiger charge is -2.25. The molecule has 1 atom stereocenters. The molecule has 21 heavy (non-hydrogen) atoms. The third kappa shape index (κ3) is 2.13. The second kappa shape index (κ2) is 4.94. The molecule has 6 nitrogen and oxygen atoms in total. The standard InChI is InChI=1S/C15H16N6/c1-9(2)10-3-5-11(6-4-10)13-12(7-16)14(17)21-15(20-13)18-8-19-21/h3-6,8-9,13H,17H2,1-2H3,(H,18,19,20)/t13-/m0/s1. The molecule has 1 aromatic heterocycles. The number of nitriles is 1. The summed E-state index contributed by atoms with van der Waals surface area (Å²) >= 11 is 0. The SMILES string of the molecule is CC(C)c1ccc([C@@H]2Nc3ncnn3C(N)=C2C#N)cc1. The number of rotatable bonds is 2. The number of hydrogen-bond acceptors (Lipinski definition) is 5. The van der Waals surface area contributed by atoms with E-state index in [1.165, 1.54) is 16.6 Å². The maximum atomic E-state index is 9.41. The van der Waals surface area contributed by atoms with Crippen molar-refractivity contribution in [1.29, 1.82) is 5.26 Å². The highest BCUT2D eigenvalue weighted by atomic mass is 15.4. The van der Waals surface area contributed by atoms with Gasteiger partial charge in [-0.05, 0) is 17.0 Å². The van der Waals surface area contributed by atoms with Gasteiger partial charge in [-0.1, -0.05) is 38.1 Å². The number of fused-ring (bicyclic) bond motifs is 1. The first-order chi connectivity index (χ1) is 10.1. The lowest BCUT2D eigenvalue weighted by molar-refractivity contribution is 0.792. The predicted molar refractivity (Wildman–Crippen MR) is 79.9 cm³/mol. The van der Waals surface area contributed by atoms with Gasteiger partial charge in [-0.25, -0.2) is 0 Å². The molecule has 0 amide bonds. The molecular formula is C15H16N6. The van der Waals surface area contributed by atoms with E-state index in [1.54, 1.807) is 0 Å². The van der Waals surface area contributed by atoms with Crippen molar-refractivity contribution in [3.05, 3.63) is 47.3 Å². The van der Waals surface area contributed by atoms with Crippen LogP contribution in [-0.4, -0.2) is 14.8 Å². The van der Waals surface area contributed by atoms with Crippen LogP contribution in [0.3, 0.4) is 0 Å². The van der Waals surface area contributed by atoms with Gasteiger partial charge in [-0.2, -0.15) is 20.0 Å². The van der Waals surface area contributed by atoms with E-state index in [9.17, 15) is 5.26 Å². The molecule has 0 aliphatic carbocycles. The van der Waals surface area contributed by atoms with Crippen LogP contribution in [0.1, 0.15) is 36.9 Å². The molecule has 3 N–H and O–H groups in total. The zero-order valence-corrected chi connectivity index (χ0v) is 11.9. The number of nitrogens with two attached hydrogens (primary N) is 1. The van der Waals surface area contributed by atoms with E-state index in [4.69, 9.17) is 5.73 Å². The molecule has 0 unspecified atom stereocenters. The summed E-state index contributed by atoms with van der Waals surface area (Å²) < 4.78 is 1.44. The summed E-state index contributed by atoms with van der Waals surface area (Å²) in [6, 6.07) is 10.1. The molecule has 0 bridgehead atoms. The molecule has 2 aromatic rings. The second-order valence-electron chi connectivity index (χ2n) is 5.30. The minimum absolute atomic E-state index is 0.298. The number of benzene rings is 1. The Hall–Kier alpha value is -2.81. The summed E-state index contributed by atoms with van der Waals surface area (Å²) in [6.45, 7) is 4.30. The number of aromatic nitrogens is 3. The van der Waals surface area contributed by atoms with Crippen molar-refractivity contribution in [2.24, 2.45) is 5.73 Å². The first-order valence-electron chi connectivity index (χ1n) is 6.78. The maximum absolute atomic E-state index is 9.41. The Bertz CT molecular complexity index is 732. The number of hydrogen-bond donors (Lipinski definition) is 2. The van der Waals surface area contributed by atoms with Crippen molar-refractivity contribution in [1.82, 2.24) is 14.8 Å². The Labute approximate surface area is 122 Å². The van der Waals surface area contributed by atoms with Crippen molar-refractivity contribution in [3.63, 3.8) is 0 Å². The molecule has 1 aromatic carbocycles. The highest BCUT2D eigenvalue weighted by Crippen LogP contribution is 2.32. The minimum atomic E-state index is -0.298. The molecule has 1 aliphatic heterocycles. The lowest BCUT2D eigenvalue weighted by Crippen LogP contribution is -2.27. The van der Waals surface area contributed by atoms with Crippen molar-refractivity contribution < 1.29 is 0 Å². The van der Waals surface area contributed by atoms with Crippen LogP contribution in [0, 0.1) is 11.3 Å². The van der Waals surface area contributed by atoms with Crippen LogP contribution >= 0.6 is 0 Å². The quantitative estimate of drug-likeness (QED) is 0.879. The van der Waals surface area contributed by atoms with Gasteiger partial charge in [-0.15, -0.1) is 0 Å². The lowest BCUT2D eigenvalue weighted by atomic mass is 9.95. The van der Waals surface area contributed by atoms with E-state index in [-0.39, 0.29) is 6.04 Å². The zero-order chi connectivity index (χ0) is 15.0. The Morgan fingerprint density at radius 1 is 1.33 bits per heavy atom. The van der Waals surface area contributed by atoms with E-state index in [0.717, 1.165) is 5.56 Å². The van der Waals surface area contributed by atoms with Crippen LogP contribution in [-0.2, 0) is 0 Å². The van der Waals surface area contributed by atoms with Gasteiger partial charge in [0.1, 0.15) is 18.2 Å². The fourth-order valence-electron chi connectivity index (χ4n) is 2.42. The van der Waals surface area contributed by atoms with Gasteiger partial charge in [0.2, 0.25) is 5.95 Å². The monoisotopic (exact) mass is 280 g/mol. The molecule has 6 heteroatoms. The summed E-state index contributed by atoms with van der Waals surface area (Å²) in [5.41, 5.74) is 8.72. The van der Waals surface area contributed by atoms with Crippen LogP contribution in [0.15, 0.2) is 36.2 Å². The summed E-state index contributed by atoms with van der Waals surface area (Å²) in [5.74, 6) is 1.34. The van der Waals surface area contributed by atoms with E-state index < -0.39 is 0 Å². The van der Waals surface area contributed by atoms with Gasteiger partial charge < -0.3 is 11.1 Å². The third-order valence-electron chi connectivity index (χ3n) is 3.67. The highest BCUT2D eigenvalue weighted by Gasteiger charge is 2.28. The van der Waals surface area contributed by atoms with Crippen LogP contribution in [0.25, 0.3) is 5.82 Å². The molecule has 1 aliphatic rings. The van der Waals surface area contributed by atoms with Crippen LogP contribution in [0.4, 0.5) is 5.95 Å². The van der Waals surface area contributed by atoms with Crippen LogP contribution in [0.2, 0.25) is 0 Å². The number of anilines is 1. The molecular weight excluding hydrogens is 264 g/mol. The molecule has 2 heterocycles. The van der Waals surface area contributed by atoms with Gasteiger partial charge >= 0.3 is 0 Å². The van der Waals surface area contributed by atoms with Crippen molar-refractivity contribution in [2.75, 3.05) is 5.32 Å². The maximum Gasteiger partial charge on any atom is 0.228 e. The molecule has 0 radical (unpaired) electrons. The van der Waals surface area contributed by atoms with E-state index >= 15 is 0 Å². The summed E-state index contributed by atoms with van der Waals surface area (Å²) in [4.78, 5) is 4.11. The van der Waals surface area contributed by atoms with Gasteiger partial charge in [0.25, 0.3) is 0 Å². The average Bonchev–Trinajstić information content (AvgIpc) is 2.96. The first kappa shape index (κ1) is 13.2. The number of nitrogens with one attached hydrogen (secondary N) is 1. The fraction of sp³-hybridized carbons (Fsp3) is 0.267. The second-order valence-corrected chi connectivity index (χ2v) is 5.30. The van der Waals surface area contributed by atoms with Gasteiger partial charge in [0, 0.05) is 0 Å². The van der Waals surface area contributed by atoms with Gasteiger partial charge in [0.05, 0.1) is 11.6 Å². The van der Waals surface area contributed by atoms with Crippen molar-refractivity contribution in [2.45, 2.75) is 25.8 Å². The molecule has 3 rings (SSSR count). The topological polar surface area (TPSA) is 92.6 Å². The first-order valence-corrected chi connectivity index (χ1v) is 6.78. The zero-order valence-electron chi connectivity index (χ0n) is 11.9. The molecule has 0 fully saturated rings. The van der Waals surface area contributed by atoms with E-state index in [0.29, 0.717) is 23.3 Å². The minimum Gasteiger partial charge on any atom is -0.383 e. The van der Waals surface area contributed by atoms with Crippen LogP contribution < -0.4 is 11.1 Å². The van der Waals surface area contributed by atoms with Crippen LogP contribution in [0.5, 0.6) is 0 Å².